The van der Waals surface area contributed by atoms with E-state index in [0.29, 0.717) is 13.2 Å². The van der Waals surface area contributed by atoms with Gasteiger partial charge in [0.15, 0.2) is 0 Å². The minimum Gasteiger partial charge on any atom is -0.381 e. The largest absolute Gasteiger partial charge is 0.381 e. The van der Waals surface area contributed by atoms with E-state index in [2.05, 4.69) is 20.8 Å². The van der Waals surface area contributed by atoms with Crippen molar-refractivity contribution in [2.24, 2.45) is 0 Å². The maximum Gasteiger partial charge on any atom is 0.132 e. The van der Waals surface area contributed by atoms with Crippen LogP contribution in [0.15, 0.2) is 0 Å². The smallest absolute Gasteiger partial charge is 0.132 e. The zero-order valence-corrected chi connectivity index (χ0v) is 14.8. The zero-order chi connectivity index (χ0) is 16.0. The van der Waals surface area contributed by atoms with Gasteiger partial charge in [-0.2, -0.15) is 4.65 Å². The molecule has 1 N–H and O–H groups in total. The van der Waals surface area contributed by atoms with Gasteiger partial charge in [0.2, 0.25) is 0 Å². The fraction of sp³-hybridized carbons (Fsp3) is 1.00. The predicted molar refractivity (Wildman–Crippen MR) is 87.6 cm³/mol. The van der Waals surface area contributed by atoms with Gasteiger partial charge in [0.1, 0.15) is 12.6 Å². The highest BCUT2D eigenvalue weighted by atomic mass is 16.6. The van der Waals surface area contributed by atoms with Crippen molar-refractivity contribution in [2.45, 2.75) is 71.8 Å². The van der Waals surface area contributed by atoms with E-state index >= 15 is 0 Å². The fourth-order valence-electron chi connectivity index (χ4n) is 2.11. The molecule has 0 bridgehead atoms. The number of nitrogens with zero attached hydrogens (tertiary/aromatic N) is 1. The van der Waals surface area contributed by atoms with Crippen LogP contribution in [0.5, 0.6) is 0 Å². The molecule has 21 heavy (non-hydrogen) atoms. The first-order chi connectivity index (χ1) is 10.0. The van der Waals surface area contributed by atoms with E-state index in [1.54, 1.807) is 0 Å². The molecule has 0 aliphatic heterocycles. The second-order valence-electron chi connectivity index (χ2n) is 6.21. The molecule has 0 aromatic rings. The van der Waals surface area contributed by atoms with Crippen molar-refractivity contribution in [1.82, 2.24) is 0 Å². The first-order valence-electron chi connectivity index (χ1n) is 8.78. The number of quaternary nitrogens is 1. The Morgan fingerprint density at radius 1 is 0.857 bits per heavy atom. The van der Waals surface area contributed by atoms with Crippen LogP contribution in [0.3, 0.4) is 0 Å². The average molecular weight is 304 g/mol. The van der Waals surface area contributed by atoms with Crippen LogP contribution in [0.2, 0.25) is 0 Å². The summed E-state index contributed by atoms with van der Waals surface area (Å²) in [6.45, 7) is 10.1. The van der Waals surface area contributed by atoms with Crippen molar-refractivity contribution in [3.63, 3.8) is 0 Å². The Balaban J connectivity index is 3.61. The standard InChI is InChI=1S/C17H38NO3/c1-5-7-9-13-20-15-11-17(3)18(4,19)12-16-21-14-10-8-6-2/h17,19H,5-16H2,1-4H3/q+1. The molecule has 4 nitrogen and oxygen atoms in total. The highest BCUT2D eigenvalue weighted by Gasteiger charge is 2.27. The summed E-state index contributed by atoms with van der Waals surface area (Å²) in [6.07, 6.45) is 8.04. The van der Waals surface area contributed by atoms with Crippen LogP contribution in [0.25, 0.3) is 0 Å². The van der Waals surface area contributed by atoms with Gasteiger partial charge in [-0.15, -0.1) is 0 Å². The molecule has 0 aromatic carbocycles. The zero-order valence-electron chi connectivity index (χ0n) is 14.8. The molecule has 0 aliphatic rings. The summed E-state index contributed by atoms with van der Waals surface area (Å²) < 4.78 is 11.2. The number of ether oxygens (including phenoxy) is 2. The molecule has 0 radical (unpaired) electrons. The number of rotatable bonds is 15. The molecule has 0 heterocycles. The topological polar surface area (TPSA) is 38.7 Å². The lowest BCUT2D eigenvalue weighted by Crippen LogP contribution is -2.50. The lowest BCUT2D eigenvalue weighted by molar-refractivity contribution is -1.10. The van der Waals surface area contributed by atoms with Crippen molar-refractivity contribution < 1.29 is 19.3 Å². The Hall–Kier alpha value is -0.160. The molecule has 0 rings (SSSR count). The maximum absolute atomic E-state index is 10.4. The number of hydrogen-bond acceptors (Lipinski definition) is 3. The number of likely N-dealkylation sites (N-methyl/N-ethyl adjacent to an activating group) is 1. The molecule has 2 unspecified atom stereocenters. The van der Waals surface area contributed by atoms with Gasteiger partial charge in [0.05, 0.1) is 20.3 Å². The summed E-state index contributed by atoms with van der Waals surface area (Å²) in [5, 5.41) is 10.4. The van der Waals surface area contributed by atoms with E-state index in [0.717, 1.165) is 39.1 Å². The third-order valence-corrected chi connectivity index (χ3v) is 4.10. The molecule has 0 aromatic heterocycles. The number of unbranched alkanes of at least 4 members (excludes halogenated alkanes) is 4. The highest BCUT2D eigenvalue weighted by Crippen LogP contribution is 2.10. The Morgan fingerprint density at radius 2 is 1.38 bits per heavy atom. The highest BCUT2D eigenvalue weighted by molar-refractivity contribution is 4.50. The molecule has 0 fully saturated rings. The molecule has 0 saturated carbocycles. The van der Waals surface area contributed by atoms with E-state index in [9.17, 15) is 5.21 Å². The summed E-state index contributed by atoms with van der Waals surface area (Å²) in [4.78, 5) is 0. The minimum atomic E-state index is 0.0199. The molecule has 4 heteroatoms. The SMILES string of the molecule is CCCCCOCCC(C)[N+](C)(O)CCOCCCCC. The Labute approximate surface area is 132 Å². The third kappa shape index (κ3) is 12.1. The molecule has 0 amide bonds. The summed E-state index contributed by atoms with van der Waals surface area (Å²) in [6, 6.07) is 0.176. The molecule has 0 spiro atoms. The summed E-state index contributed by atoms with van der Waals surface area (Å²) in [5.74, 6) is 0. The lowest BCUT2D eigenvalue weighted by Gasteiger charge is -2.31. The van der Waals surface area contributed by atoms with Crippen LogP contribution < -0.4 is 0 Å². The summed E-state index contributed by atoms with van der Waals surface area (Å²) >= 11 is 0. The van der Waals surface area contributed by atoms with Gasteiger partial charge in [-0.1, -0.05) is 39.5 Å². The van der Waals surface area contributed by atoms with Crippen molar-refractivity contribution in [1.29, 1.82) is 0 Å². The molecule has 2 atom stereocenters. The fourth-order valence-corrected chi connectivity index (χ4v) is 2.11. The molecule has 0 saturated heterocycles. The Morgan fingerprint density at radius 3 is 1.90 bits per heavy atom. The number of hydrogen-bond donors (Lipinski definition) is 1. The normalized spacial score (nSPS) is 15.9. The van der Waals surface area contributed by atoms with Crippen LogP contribution in [-0.2, 0) is 9.47 Å². The predicted octanol–water partition coefficient (Wildman–Crippen LogP) is 4.01. The molecule has 0 aliphatic carbocycles. The van der Waals surface area contributed by atoms with Gasteiger partial charge in [-0.3, -0.25) is 0 Å². The Kier molecular flexibility index (Phi) is 13.4. The Bertz CT molecular complexity index is 222. The van der Waals surface area contributed by atoms with Gasteiger partial charge in [0, 0.05) is 19.6 Å². The lowest BCUT2D eigenvalue weighted by atomic mass is 10.2. The van der Waals surface area contributed by atoms with Crippen LogP contribution in [0.4, 0.5) is 0 Å². The van der Waals surface area contributed by atoms with E-state index in [4.69, 9.17) is 9.47 Å². The summed E-state index contributed by atoms with van der Waals surface area (Å²) in [5.41, 5.74) is 0. The molecule has 128 valence electrons. The number of hydroxylamine groups is 3. The van der Waals surface area contributed by atoms with Gasteiger partial charge in [-0.25, -0.2) is 5.21 Å². The minimum absolute atomic E-state index is 0.0199. The van der Waals surface area contributed by atoms with Gasteiger partial charge in [-0.05, 0) is 19.8 Å². The van der Waals surface area contributed by atoms with Crippen LogP contribution in [0, 0.1) is 0 Å². The average Bonchev–Trinajstić information content (AvgIpc) is 2.46. The van der Waals surface area contributed by atoms with Crippen LogP contribution >= 0.6 is 0 Å². The van der Waals surface area contributed by atoms with E-state index in [1.807, 2.05) is 7.05 Å². The third-order valence-electron chi connectivity index (χ3n) is 4.10. The quantitative estimate of drug-likeness (QED) is 0.282. The van der Waals surface area contributed by atoms with E-state index in [-0.39, 0.29) is 10.7 Å². The van der Waals surface area contributed by atoms with Crippen molar-refractivity contribution in [3.05, 3.63) is 0 Å². The van der Waals surface area contributed by atoms with Gasteiger partial charge >= 0.3 is 0 Å². The van der Waals surface area contributed by atoms with Gasteiger partial charge < -0.3 is 9.47 Å². The van der Waals surface area contributed by atoms with E-state index < -0.39 is 0 Å². The van der Waals surface area contributed by atoms with E-state index in [1.165, 1.54) is 25.7 Å². The molecular formula is C17H38NO3+. The first kappa shape index (κ1) is 20.8. The summed E-state index contributed by atoms with van der Waals surface area (Å²) in [7, 11) is 1.86. The first-order valence-corrected chi connectivity index (χ1v) is 8.78. The van der Waals surface area contributed by atoms with Crippen molar-refractivity contribution >= 4 is 0 Å². The second kappa shape index (κ2) is 13.5. The monoisotopic (exact) mass is 304 g/mol. The maximum atomic E-state index is 10.4. The molecular weight excluding hydrogens is 266 g/mol. The second-order valence-corrected chi connectivity index (χ2v) is 6.21. The van der Waals surface area contributed by atoms with Crippen molar-refractivity contribution in [2.75, 3.05) is 40.0 Å². The van der Waals surface area contributed by atoms with Crippen LogP contribution in [-0.4, -0.2) is 55.9 Å². The van der Waals surface area contributed by atoms with Crippen molar-refractivity contribution in [3.8, 4) is 0 Å². The van der Waals surface area contributed by atoms with Crippen LogP contribution in [0.1, 0.15) is 65.7 Å². The van der Waals surface area contributed by atoms with Gasteiger partial charge in [0.25, 0.3) is 0 Å².